The molecule has 32 heavy (non-hydrogen) atoms. The van der Waals surface area contributed by atoms with Gasteiger partial charge in [0, 0.05) is 42.6 Å². The Labute approximate surface area is 193 Å². The van der Waals surface area contributed by atoms with E-state index < -0.39 is 8.80 Å². The van der Waals surface area contributed by atoms with Gasteiger partial charge in [0.2, 0.25) is 0 Å². The lowest BCUT2D eigenvalue weighted by molar-refractivity contribution is -0.191. The smallest absolute Gasteiger partial charge is 0.373 e. The van der Waals surface area contributed by atoms with Gasteiger partial charge in [-0.25, -0.2) is 0 Å². The third-order valence-corrected chi connectivity index (χ3v) is 9.13. The monoisotopic (exact) mass is 478 g/mol. The highest BCUT2D eigenvalue weighted by atomic mass is 28.4. The zero-order valence-corrected chi connectivity index (χ0v) is 21.3. The second-order valence-electron chi connectivity index (χ2n) is 9.73. The van der Waals surface area contributed by atoms with Crippen LogP contribution in [0.1, 0.15) is 40.0 Å². The second-order valence-corrected chi connectivity index (χ2v) is 12.3. The summed E-state index contributed by atoms with van der Waals surface area (Å²) in [6, 6.07) is 0. The molecule has 0 spiro atoms. The van der Waals surface area contributed by atoms with Crippen LogP contribution in [0.3, 0.4) is 0 Å². The molecule has 0 aromatic rings. The first-order chi connectivity index (χ1) is 15.4. The molecular formula is C22H42O9Si. The normalized spacial score (nSPS) is 25.5. The van der Waals surface area contributed by atoms with Gasteiger partial charge in [-0.15, -0.1) is 0 Å². The van der Waals surface area contributed by atoms with E-state index in [1.807, 2.05) is 6.55 Å². The maximum absolute atomic E-state index is 6.50. The van der Waals surface area contributed by atoms with Crippen LogP contribution in [0.2, 0.25) is 6.55 Å². The lowest BCUT2D eigenvalue weighted by Crippen LogP contribution is -2.53. The summed E-state index contributed by atoms with van der Waals surface area (Å²) in [6.45, 7) is 14.4. The van der Waals surface area contributed by atoms with Crippen LogP contribution in [0, 0.1) is 16.2 Å². The molecule has 0 amide bonds. The molecule has 0 N–H and O–H groups in total. The van der Waals surface area contributed by atoms with E-state index in [0.29, 0.717) is 79.8 Å². The molecule has 9 nitrogen and oxygen atoms in total. The minimum absolute atomic E-state index is 0.196. The van der Waals surface area contributed by atoms with Crippen molar-refractivity contribution in [2.24, 2.45) is 16.2 Å². The first-order valence-corrected chi connectivity index (χ1v) is 14.0. The lowest BCUT2D eigenvalue weighted by Gasteiger charge is -2.42. The molecule has 0 aromatic carbocycles. The summed E-state index contributed by atoms with van der Waals surface area (Å²) in [7, 11) is -3.02. The van der Waals surface area contributed by atoms with Crippen molar-refractivity contribution in [2.75, 3.05) is 79.8 Å². The fourth-order valence-electron chi connectivity index (χ4n) is 4.00. The summed E-state index contributed by atoms with van der Waals surface area (Å²) in [5, 5.41) is 0. The van der Waals surface area contributed by atoms with E-state index in [1.165, 1.54) is 0 Å². The fourth-order valence-corrected chi connectivity index (χ4v) is 5.95. The Morgan fingerprint density at radius 1 is 0.531 bits per heavy atom. The van der Waals surface area contributed by atoms with Crippen LogP contribution in [-0.4, -0.2) is 88.6 Å². The Hall–Kier alpha value is -0.143. The standard InChI is InChI=1S/C22H42O9Si/c1-5-20(8-23-17-24-9-20)14-29-32(4,30-15-21(6-2)10-25-18-26-11-21)31-16-22(7-3)12-27-19-28-13-22/h5-19H2,1-4H3. The van der Waals surface area contributed by atoms with E-state index in [9.17, 15) is 0 Å². The second kappa shape index (κ2) is 12.0. The Morgan fingerprint density at radius 3 is 1.00 bits per heavy atom. The Balaban J connectivity index is 1.68. The molecule has 0 aromatic heterocycles. The molecule has 3 rings (SSSR count). The molecule has 3 saturated heterocycles. The van der Waals surface area contributed by atoms with E-state index in [-0.39, 0.29) is 16.2 Å². The van der Waals surface area contributed by atoms with Gasteiger partial charge in [-0.2, -0.15) is 0 Å². The van der Waals surface area contributed by atoms with Crippen molar-refractivity contribution < 1.29 is 41.7 Å². The Kier molecular flexibility index (Phi) is 9.93. The zero-order valence-electron chi connectivity index (χ0n) is 20.3. The van der Waals surface area contributed by atoms with Gasteiger partial charge in [0.15, 0.2) is 0 Å². The fraction of sp³-hybridized carbons (Fsp3) is 1.00. The highest BCUT2D eigenvalue weighted by molar-refractivity contribution is 6.59. The maximum atomic E-state index is 6.50. The highest BCUT2D eigenvalue weighted by Crippen LogP contribution is 2.33. The van der Waals surface area contributed by atoms with Gasteiger partial charge in [0.25, 0.3) is 0 Å². The van der Waals surface area contributed by atoms with Gasteiger partial charge >= 0.3 is 8.80 Å². The van der Waals surface area contributed by atoms with Crippen molar-refractivity contribution in [1.29, 1.82) is 0 Å². The van der Waals surface area contributed by atoms with Gasteiger partial charge in [-0.3, -0.25) is 0 Å². The Bertz CT molecular complexity index is 469. The molecule has 0 saturated carbocycles. The third-order valence-electron chi connectivity index (χ3n) is 7.12. The number of rotatable bonds is 12. The summed E-state index contributed by atoms with van der Waals surface area (Å²) in [5.74, 6) is 0. The number of hydrogen-bond donors (Lipinski definition) is 0. The van der Waals surface area contributed by atoms with Crippen molar-refractivity contribution in [1.82, 2.24) is 0 Å². The quantitative estimate of drug-likeness (QED) is 0.393. The van der Waals surface area contributed by atoms with Crippen LogP contribution in [-0.2, 0) is 41.7 Å². The molecule has 0 atom stereocenters. The van der Waals surface area contributed by atoms with Crippen LogP contribution >= 0.6 is 0 Å². The maximum Gasteiger partial charge on any atom is 0.497 e. The largest absolute Gasteiger partial charge is 0.497 e. The number of ether oxygens (including phenoxy) is 6. The third kappa shape index (κ3) is 6.94. The summed E-state index contributed by atoms with van der Waals surface area (Å²) < 4.78 is 53.0. The van der Waals surface area contributed by atoms with E-state index in [2.05, 4.69) is 20.8 Å². The van der Waals surface area contributed by atoms with Crippen molar-refractivity contribution in [2.45, 2.75) is 46.6 Å². The molecule has 3 fully saturated rings. The van der Waals surface area contributed by atoms with Gasteiger partial charge < -0.3 is 41.7 Å². The van der Waals surface area contributed by atoms with Crippen LogP contribution in [0.5, 0.6) is 0 Å². The first-order valence-electron chi connectivity index (χ1n) is 11.8. The van der Waals surface area contributed by atoms with E-state index >= 15 is 0 Å². The average Bonchev–Trinajstić information content (AvgIpc) is 2.87. The molecule has 10 heteroatoms. The van der Waals surface area contributed by atoms with Gasteiger partial charge in [0.05, 0.1) is 39.6 Å². The summed E-state index contributed by atoms with van der Waals surface area (Å²) in [4.78, 5) is 0. The van der Waals surface area contributed by atoms with Crippen molar-refractivity contribution in [3.63, 3.8) is 0 Å². The van der Waals surface area contributed by atoms with Gasteiger partial charge in [0.1, 0.15) is 20.4 Å². The van der Waals surface area contributed by atoms with Crippen molar-refractivity contribution in [3.8, 4) is 0 Å². The predicted molar refractivity (Wildman–Crippen MR) is 118 cm³/mol. The molecule has 188 valence electrons. The lowest BCUT2D eigenvalue weighted by atomic mass is 9.88. The SMILES string of the molecule is CCC1(CO[Si](C)(OCC2(CC)COCOC2)OCC2(CC)COCOC2)COCOC1. The van der Waals surface area contributed by atoms with Gasteiger partial charge in [-0.1, -0.05) is 20.8 Å². The molecule has 0 aliphatic carbocycles. The number of hydrogen-bond acceptors (Lipinski definition) is 9. The molecular weight excluding hydrogens is 436 g/mol. The minimum Gasteiger partial charge on any atom is -0.373 e. The molecule has 3 aliphatic rings. The van der Waals surface area contributed by atoms with Crippen molar-refractivity contribution >= 4 is 8.80 Å². The van der Waals surface area contributed by atoms with E-state index in [4.69, 9.17) is 41.7 Å². The van der Waals surface area contributed by atoms with Crippen LogP contribution < -0.4 is 0 Å². The van der Waals surface area contributed by atoms with Crippen LogP contribution in [0.25, 0.3) is 0 Å². The van der Waals surface area contributed by atoms with Crippen molar-refractivity contribution in [3.05, 3.63) is 0 Å². The topological polar surface area (TPSA) is 83.1 Å². The molecule has 3 heterocycles. The summed E-state index contributed by atoms with van der Waals surface area (Å²) in [5.41, 5.74) is -0.589. The first kappa shape index (κ1) is 26.5. The van der Waals surface area contributed by atoms with Crippen LogP contribution in [0.4, 0.5) is 0 Å². The molecule has 0 unspecified atom stereocenters. The van der Waals surface area contributed by atoms with E-state index in [0.717, 1.165) is 19.3 Å². The average molecular weight is 479 g/mol. The van der Waals surface area contributed by atoms with Crippen LogP contribution in [0.15, 0.2) is 0 Å². The highest BCUT2D eigenvalue weighted by Gasteiger charge is 2.45. The Morgan fingerprint density at radius 2 is 0.781 bits per heavy atom. The zero-order chi connectivity index (χ0) is 23.0. The minimum atomic E-state index is -3.02. The molecule has 0 radical (unpaired) electrons. The predicted octanol–water partition coefficient (Wildman–Crippen LogP) is 2.81. The van der Waals surface area contributed by atoms with Gasteiger partial charge in [-0.05, 0) is 19.3 Å². The molecule has 3 aliphatic heterocycles. The van der Waals surface area contributed by atoms with E-state index in [1.54, 1.807) is 0 Å². The summed E-state index contributed by atoms with van der Waals surface area (Å²) >= 11 is 0. The molecule has 0 bridgehead atoms. The summed E-state index contributed by atoms with van der Waals surface area (Å²) in [6.07, 6.45) is 2.66.